The summed E-state index contributed by atoms with van der Waals surface area (Å²) in [5, 5.41) is 0.904. The second-order valence-electron chi connectivity index (χ2n) is 8.77. The number of anilines is 1. The molecule has 0 N–H and O–H groups in total. The molecule has 31 heavy (non-hydrogen) atoms. The Morgan fingerprint density at radius 3 is 2.87 bits per heavy atom. The SMILES string of the molecule is Cc1cn2cc(-c3cc4ccc(N5CCN6CCC[C@@H]6C5)cc4oc3=O)nc2c(C)n1. The van der Waals surface area contributed by atoms with E-state index in [1.54, 1.807) is 0 Å². The van der Waals surface area contributed by atoms with Crippen LogP contribution in [-0.2, 0) is 0 Å². The summed E-state index contributed by atoms with van der Waals surface area (Å²) in [5.41, 5.74) is 4.96. The van der Waals surface area contributed by atoms with Crippen molar-refractivity contribution < 1.29 is 4.42 Å². The van der Waals surface area contributed by atoms with Gasteiger partial charge in [-0.05, 0) is 51.4 Å². The first-order valence-corrected chi connectivity index (χ1v) is 11.0. The maximum Gasteiger partial charge on any atom is 0.345 e. The van der Waals surface area contributed by atoms with Crippen LogP contribution in [0.3, 0.4) is 0 Å². The molecule has 6 rings (SSSR count). The van der Waals surface area contributed by atoms with Crippen LogP contribution in [0.4, 0.5) is 5.69 Å². The van der Waals surface area contributed by atoms with E-state index in [1.165, 1.54) is 19.4 Å². The van der Waals surface area contributed by atoms with Gasteiger partial charge in [-0.1, -0.05) is 0 Å². The van der Waals surface area contributed by atoms with Gasteiger partial charge in [0.15, 0.2) is 5.65 Å². The number of nitrogens with zero attached hydrogens (tertiary/aromatic N) is 5. The zero-order valence-corrected chi connectivity index (χ0v) is 17.8. The van der Waals surface area contributed by atoms with Gasteiger partial charge >= 0.3 is 5.63 Å². The Morgan fingerprint density at radius 2 is 1.97 bits per heavy atom. The third kappa shape index (κ3) is 3.11. The van der Waals surface area contributed by atoms with E-state index in [-0.39, 0.29) is 5.63 Å². The van der Waals surface area contributed by atoms with E-state index in [9.17, 15) is 4.79 Å². The van der Waals surface area contributed by atoms with Crippen molar-refractivity contribution in [3.63, 3.8) is 0 Å². The summed E-state index contributed by atoms with van der Waals surface area (Å²) in [4.78, 5) is 27.0. The van der Waals surface area contributed by atoms with Crippen LogP contribution in [0.2, 0.25) is 0 Å². The predicted octanol–water partition coefficient (Wildman–Crippen LogP) is 3.40. The number of hydrogen-bond acceptors (Lipinski definition) is 6. The Bertz CT molecular complexity index is 1370. The van der Waals surface area contributed by atoms with Crippen molar-refractivity contribution in [1.29, 1.82) is 0 Å². The smallest absolute Gasteiger partial charge is 0.345 e. The van der Waals surface area contributed by atoms with Crippen LogP contribution in [0.15, 0.2) is 45.9 Å². The van der Waals surface area contributed by atoms with Gasteiger partial charge in [-0.2, -0.15) is 0 Å². The first-order chi connectivity index (χ1) is 15.0. The molecule has 2 aliphatic heterocycles. The molecule has 0 aliphatic carbocycles. The van der Waals surface area contributed by atoms with Gasteiger partial charge in [-0.25, -0.2) is 9.78 Å². The molecular formula is C24H25N5O2. The van der Waals surface area contributed by atoms with Gasteiger partial charge in [0.05, 0.1) is 22.6 Å². The number of rotatable bonds is 2. The van der Waals surface area contributed by atoms with Gasteiger partial charge in [0.25, 0.3) is 0 Å². The second kappa shape index (κ2) is 6.92. The number of aromatic nitrogens is 3. The number of benzene rings is 1. The summed E-state index contributed by atoms with van der Waals surface area (Å²) < 4.78 is 7.68. The Hall–Kier alpha value is -3.19. The highest BCUT2D eigenvalue weighted by Crippen LogP contribution is 2.29. The first-order valence-electron chi connectivity index (χ1n) is 11.0. The van der Waals surface area contributed by atoms with E-state index in [2.05, 4.69) is 25.8 Å². The average Bonchev–Trinajstić information content (AvgIpc) is 3.39. The van der Waals surface area contributed by atoms with Gasteiger partial charge in [0, 0.05) is 55.2 Å². The maximum atomic E-state index is 12.8. The third-order valence-electron chi connectivity index (χ3n) is 6.67. The number of hydrogen-bond donors (Lipinski definition) is 0. The minimum absolute atomic E-state index is 0.365. The van der Waals surface area contributed by atoms with Crippen molar-refractivity contribution in [3.05, 3.63) is 58.5 Å². The van der Waals surface area contributed by atoms with Gasteiger partial charge in [-0.3, -0.25) is 9.88 Å². The van der Waals surface area contributed by atoms with Crippen LogP contribution < -0.4 is 10.5 Å². The lowest BCUT2D eigenvalue weighted by Crippen LogP contribution is -2.50. The molecule has 0 amide bonds. The third-order valence-corrected chi connectivity index (χ3v) is 6.67. The van der Waals surface area contributed by atoms with Crippen molar-refractivity contribution >= 4 is 22.3 Å². The highest BCUT2D eigenvalue weighted by Gasteiger charge is 2.30. The van der Waals surface area contributed by atoms with E-state index < -0.39 is 0 Å². The molecule has 0 spiro atoms. The summed E-state index contributed by atoms with van der Waals surface area (Å²) in [5.74, 6) is 0. The highest BCUT2D eigenvalue weighted by atomic mass is 16.4. The van der Waals surface area contributed by atoms with Crippen LogP contribution in [0, 0.1) is 13.8 Å². The normalized spacial score (nSPS) is 19.4. The maximum absolute atomic E-state index is 12.8. The zero-order chi connectivity index (χ0) is 21.1. The van der Waals surface area contributed by atoms with Gasteiger partial charge in [-0.15, -0.1) is 0 Å². The number of imidazole rings is 1. The van der Waals surface area contributed by atoms with Crippen molar-refractivity contribution in [3.8, 4) is 11.3 Å². The van der Waals surface area contributed by atoms with Crippen LogP contribution >= 0.6 is 0 Å². The predicted molar refractivity (Wildman–Crippen MR) is 121 cm³/mol. The molecule has 2 aliphatic rings. The minimum Gasteiger partial charge on any atom is -0.422 e. The van der Waals surface area contributed by atoms with Crippen LogP contribution in [0.1, 0.15) is 24.2 Å². The van der Waals surface area contributed by atoms with Crippen LogP contribution in [-0.4, -0.2) is 51.5 Å². The summed E-state index contributed by atoms with van der Waals surface area (Å²) >= 11 is 0. The lowest BCUT2D eigenvalue weighted by molar-refractivity contribution is 0.231. The van der Waals surface area contributed by atoms with E-state index in [1.807, 2.05) is 48.8 Å². The van der Waals surface area contributed by atoms with E-state index in [0.29, 0.717) is 22.9 Å². The fourth-order valence-electron chi connectivity index (χ4n) is 5.13. The van der Waals surface area contributed by atoms with E-state index in [0.717, 1.165) is 47.7 Å². The molecule has 0 radical (unpaired) electrons. The van der Waals surface area contributed by atoms with E-state index in [4.69, 9.17) is 4.42 Å². The molecule has 0 bridgehead atoms. The monoisotopic (exact) mass is 415 g/mol. The number of fused-ring (bicyclic) bond motifs is 3. The zero-order valence-electron chi connectivity index (χ0n) is 17.8. The number of aryl methyl sites for hydroxylation is 2. The van der Waals surface area contributed by atoms with E-state index >= 15 is 0 Å². The Labute approximate surface area is 179 Å². The van der Waals surface area contributed by atoms with Crippen molar-refractivity contribution in [2.24, 2.45) is 0 Å². The summed E-state index contributed by atoms with van der Waals surface area (Å²) in [7, 11) is 0. The molecule has 2 fully saturated rings. The molecular weight excluding hydrogens is 390 g/mol. The fraction of sp³-hybridized carbons (Fsp3) is 0.375. The Balaban J connectivity index is 1.37. The molecule has 3 aromatic heterocycles. The van der Waals surface area contributed by atoms with Crippen molar-refractivity contribution in [2.75, 3.05) is 31.1 Å². The van der Waals surface area contributed by atoms with Crippen molar-refractivity contribution in [2.45, 2.75) is 32.7 Å². The van der Waals surface area contributed by atoms with Crippen molar-refractivity contribution in [1.82, 2.24) is 19.3 Å². The molecule has 7 heteroatoms. The molecule has 1 atom stereocenters. The minimum atomic E-state index is -0.365. The van der Waals surface area contributed by atoms with Crippen LogP contribution in [0.25, 0.3) is 27.9 Å². The summed E-state index contributed by atoms with van der Waals surface area (Å²) in [6, 6.07) is 8.72. The molecule has 0 saturated carbocycles. The number of piperazine rings is 1. The first kappa shape index (κ1) is 18.6. The largest absolute Gasteiger partial charge is 0.422 e. The molecule has 158 valence electrons. The average molecular weight is 415 g/mol. The molecule has 7 nitrogen and oxygen atoms in total. The van der Waals surface area contributed by atoms with Gasteiger partial charge < -0.3 is 13.7 Å². The second-order valence-corrected chi connectivity index (χ2v) is 8.77. The van der Waals surface area contributed by atoms with Gasteiger partial charge in [0.1, 0.15) is 5.58 Å². The van der Waals surface area contributed by atoms with Gasteiger partial charge in [0.2, 0.25) is 0 Å². The Morgan fingerprint density at radius 1 is 1.06 bits per heavy atom. The highest BCUT2D eigenvalue weighted by molar-refractivity contribution is 5.84. The lowest BCUT2D eigenvalue weighted by atomic mass is 10.1. The molecule has 2 saturated heterocycles. The topological polar surface area (TPSA) is 66.9 Å². The van der Waals surface area contributed by atoms with Crippen LogP contribution in [0.5, 0.6) is 0 Å². The quantitative estimate of drug-likeness (QED) is 0.468. The summed E-state index contributed by atoms with van der Waals surface area (Å²) in [6.45, 7) is 8.26. The lowest BCUT2D eigenvalue weighted by Gasteiger charge is -2.38. The fourth-order valence-corrected chi connectivity index (χ4v) is 5.13. The Kier molecular flexibility index (Phi) is 4.14. The summed E-state index contributed by atoms with van der Waals surface area (Å²) in [6.07, 6.45) is 6.35. The molecule has 0 unspecified atom stereocenters. The molecule has 5 heterocycles. The molecule has 1 aromatic carbocycles. The standard InChI is InChI=1S/C24H25N5O2/c1-15-12-29-14-21(26-23(29)16(2)25-15)20-10-17-5-6-18(11-22(17)31-24(20)30)28-9-8-27-7-3-4-19(27)13-28/h5-6,10-12,14,19H,3-4,7-9,13H2,1-2H3/t19-/m1/s1. The molecule has 4 aromatic rings.